The zero-order valence-corrected chi connectivity index (χ0v) is 10.6. The SMILES string of the molecule is C[C@@H]1C[C@@H]1Oc1ccn(C(=O)OC(C)(C)C)n1. The summed E-state index contributed by atoms with van der Waals surface area (Å²) in [5.41, 5.74) is -0.519. The van der Waals surface area contributed by atoms with Crippen molar-refractivity contribution in [1.29, 1.82) is 0 Å². The average molecular weight is 238 g/mol. The zero-order valence-electron chi connectivity index (χ0n) is 10.6. The highest BCUT2D eigenvalue weighted by atomic mass is 16.6. The van der Waals surface area contributed by atoms with Crippen molar-refractivity contribution in [3.63, 3.8) is 0 Å². The predicted molar refractivity (Wildman–Crippen MR) is 62.1 cm³/mol. The number of ether oxygens (including phenoxy) is 2. The third kappa shape index (κ3) is 3.22. The van der Waals surface area contributed by atoms with Crippen molar-refractivity contribution in [2.45, 2.75) is 45.8 Å². The Balaban J connectivity index is 1.95. The number of carbonyl (C=O) groups is 1. The molecule has 0 spiro atoms. The smallest absolute Gasteiger partial charge is 0.435 e. The molecule has 5 heteroatoms. The standard InChI is InChI=1S/C12H18N2O3/c1-8-7-9(8)16-10-5-6-14(13-10)11(15)17-12(2,3)4/h5-6,8-9H,7H2,1-4H3/t8-,9+/m1/s1. The molecule has 1 aromatic heterocycles. The van der Waals surface area contributed by atoms with Crippen molar-refractivity contribution in [2.24, 2.45) is 5.92 Å². The Bertz CT molecular complexity index is 420. The van der Waals surface area contributed by atoms with E-state index in [1.54, 1.807) is 12.3 Å². The van der Waals surface area contributed by atoms with Gasteiger partial charge in [-0.3, -0.25) is 0 Å². The molecule has 0 N–H and O–H groups in total. The molecule has 1 saturated carbocycles. The zero-order chi connectivity index (χ0) is 12.6. The highest BCUT2D eigenvalue weighted by Crippen LogP contribution is 2.33. The molecule has 0 aliphatic heterocycles. The van der Waals surface area contributed by atoms with Crippen molar-refractivity contribution in [2.75, 3.05) is 0 Å². The summed E-state index contributed by atoms with van der Waals surface area (Å²) < 4.78 is 11.9. The lowest BCUT2D eigenvalue weighted by Crippen LogP contribution is -2.27. The van der Waals surface area contributed by atoms with Gasteiger partial charge in [0.25, 0.3) is 0 Å². The number of carbonyl (C=O) groups excluding carboxylic acids is 1. The van der Waals surface area contributed by atoms with Gasteiger partial charge in [0.15, 0.2) is 0 Å². The van der Waals surface area contributed by atoms with Crippen LogP contribution in [0, 0.1) is 5.92 Å². The lowest BCUT2D eigenvalue weighted by molar-refractivity contribution is 0.0511. The van der Waals surface area contributed by atoms with Crippen molar-refractivity contribution in [3.8, 4) is 5.88 Å². The van der Waals surface area contributed by atoms with Crippen LogP contribution < -0.4 is 4.74 Å². The summed E-state index contributed by atoms with van der Waals surface area (Å²) in [5, 5.41) is 4.03. The van der Waals surface area contributed by atoms with Crippen LogP contribution in [-0.4, -0.2) is 27.6 Å². The minimum atomic E-state index is -0.519. The molecule has 1 heterocycles. The Morgan fingerprint density at radius 1 is 1.53 bits per heavy atom. The van der Waals surface area contributed by atoms with Gasteiger partial charge in [-0.15, -0.1) is 5.10 Å². The fraction of sp³-hybridized carbons (Fsp3) is 0.667. The van der Waals surface area contributed by atoms with E-state index in [1.165, 1.54) is 0 Å². The average Bonchev–Trinajstić information content (AvgIpc) is 2.70. The Morgan fingerprint density at radius 3 is 2.71 bits per heavy atom. The van der Waals surface area contributed by atoms with Crippen LogP contribution in [0.2, 0.25) is 0 Å². The van der Waals surface area contributed by atoms with E-state index in [2.05, 4.69) is 12.0 Å². The monoisotopic (exact) mass is 238 g/mol. The molecule has 17 heavy (non-hydrogen) atoms. The van der Waals surface area contributed by atoms with Gasteiger partial charge in [0, 0.05) is 12.3 Å². The molecule has 1 aliphatic carbocycles. The van der Waals surface area contributed by atoms with E-state index in [-0.39, 0.29) is 6.10 Å². The topological polar surface area (TPSA) is 53.4 Å². The first-order valence-corrected chi connectivity index (χ1v) is 5.81. The normalized spacial score (nSPS) is 23.3. The summed E-state index contributed by atoms with van der Waals surface area (Å²) in [6.07, 6.45) is 2.36. The van der Waals surface area contributed by atoms with Crippen molar-refractivity contribution in [3.05, 3.63) is 12.3 Å². The van der Waals surface area contributed by atoms with Crippen LogP contribution in [-0.2, 0) is 4.74 Å². The molecule has 94 valence electrons. The molecule has 5 nitrogen and oxygen atoms in total. The fourth-order valence-electron chi connectivity index (χ4n) is 1.39. The molecule has 0 bridgehead atoms. The van der Waals surface area contributed by atoms with Gasteiger partial charge in [-0.25, -0.2) is 4.79 Å². The van der Waals surface area contributed by atoms with E-state index >= 15 is 0 Å². The number of rotatable bonds is 2. The molecule has 1 aliphatic rings. The summed E-state index contributed by atoms with van der Waals surface area (Å²) in [7, 11) is 0. The third-order valence-electron chi connectivity index (χ3n) is 2.45. The molecule has 0 aromatic carbocycles. The quantitative estimate of drug-likeness (QED) is 0.794. The van der Waals surface area contributed by atoms with E-state index in [0.717, 1.165) is 11.1 Å². The van der Waals surface area contributed by atoms with Gasteiger partial charge in [0.2, 0.25) is 5.88 Å². The largest absolute Gasteiger partial charge is 0.473 e. The Hall–Kier alpha value is -1.52. The molecule has 0 radical (unpaired) electrons. The van der Waals surface area contributed by atoms with Gasteiger partial charge in [0.1, 0.15) is 11.7 Å². The molecule has 2 atom stereocenters. The minimum Gasteiger partial charge on any atom is -0.473 e. The molecular formula is C12H18N2O3. The maximum Gasteiger partial charge on any atom is 0.435 e. The second-order valence-corrected chi connectivity index (χ2v) is 5.45. The van der Waals surface area contributed by atoms with Gasteiger partial charge < -0.3 is 9.47 Å². The molecule has 1 fully saturated rings. The van der Waals surface area contributed by atoms with Crippen molar-refractivity contribution < 1.29 is 14.3 Å². The minimum absolute atomic E-state index is 0.247. The van der Waals surface area contributed by atoms with Crippen LogP contribution >= 0.6 is 0 Å². The van der Waals surface area contributed by atoms with Crippen molar-refractivity contribution >= 4 is 6.09 Å². The Kier molecular flexibility index (Phi) is 2.85. The van der Waals surface area contributed by atoms with Gasteiger partial charge in [-0.1, -0.05) is 6.92 Å². The van der Waals surface area contributed by atoms with E-state index < -0.39 is 11.7 Å². The first-order chi connectivity index (χ1) is 7.85. The summed E-state index contributed by atoms with van der Waals surface area (Å²) >= 11 is 0. The lowest BCUT2D eigenvalue weighted by Gasteiger charge is -2.18. The van der Waals surface area contributed by atoms with E-state index in [1.807, 2.05) is 20.8 Å². The maximum absolute atomic E-state index is 11.7. The molecule has 0 saturated heterocycles. The number of hydrogen-bond donors (Lipinski definition) is 0. The summed E-state index contributed by atoms with van der Waals surface area (Å²) in [6, 6.07) is 1.68. The highest BCUT2D eigenvalue weighted by Gasteiger charge is 2.35. The molecule has 2 rings (SSSR count). The van der Waals surface area contributed by atoms with Crippen LogP contribution in [0.15, 0.2) is 12.3 Å². The molecule has 1 aromatic rings. The van der Waals surface area contributed by atoms with Crippen molar-refractivity contribution in [1.82, 2.24) is 9.78 Å². The van der Waals surface area contributed by atoms with Crippen LogP contribution in [0.5, 0.6) is 5.88 Å². The molecule has 0 unspecified atom stereocenters. The number of aromatic nitrogens is 2. The Labute approximate surface area is 101 Å². The van der Waals surface area contributed by atoms with Gasteiger partial charge in [-0.05, 0) is 33.1 Å². The number of nitrogens with zero attached hydrogens (tertiary/aromatic N) is 2. The molecule has 0 amide bonds. The number of hydrogen-bond acceptors (Lipinski definition) is 4. The van der Waals surface area contributed by atoms with Gasteiger partial charge >= 0.3 is 6.09 Å². The highest BCUT2D eigenvalue weighted by molar-refractivity contribution is 5.69. The summed E-state index contributed by atoms with van der Waals surface area (Å²) in [4.78, 5) is 11.7. The van der Waals surface area contributed by atoms with Gasteiger partial charge in [0.05, 0.1) is 0 Å². The Morgan fingerprint density at radius 2 is 2.18 bits per heavy atom. The van der Waals surface area contributed by atoms with Crippen LogP contribution in [0.3, 0.4) is 0 Å². The van der Waals surface area contributed by atoms with E-state index in [0.29, 0.717) is 11.8 Å². The second-order valence-electron chi connectivity index (χ2n) is 5.45. The lowest BCUT2D eigenvalue weighted by atomic mass is 10.2. The van der Waals surface area contributed by atoms with E-state index in [4.69, 9.17) is 9.47 Å². The van der Waals surface area contributed by atoms with Crippen LogP contribution in [0.4, 0.5) is 4.79 Å². The third-order valence-corrected chi connectivity index (χ3v) is 2.45. The second kappa shape index (κ2) is 4.05. The maximum atomic E-state index is 11.7. The van der Waals surface area contributed by atoms with Crippen LogP contribution in [0.1, 0.15) is 34.1 Å². The summed E-state index contributed by atoms with van der Waals surface area (Å²) in [6.45, 7) is 7.57. The van der Waals surface area contributed by atoms with Gasteiger partial charge in [-0.2, -0.15) is 4.68 Å². The predicted octanol–water partition coefficient (Wildman–Crippen LogP) is 2.45. The summed E-state index contributed by atoms with van der Waals surface area (Å²) in [5.74, 6) is 1.06. The van der Waals surface area contributed by atoms with E-state index in [9.17, 15) is 4.79 Å². The van der Waals surface area contributed by atoms with Crippen LogP contribution in [0.25, 0.3) is 0 Å². The fourth-order valence-corrected chi connectivity index (χ4v) is 1.39. The molecular weight excluding hydrogens is 220 g/mol. The first kappa shape index (κ1) is 12.0. The first-order valence-electron chi connectivity index (χ1n) is 5.81.